The van der Waals surface area contributed by atoms with Crippen LogP contribution in [-0.2, 0) is 21.0 Å². The lowest BCUT2D eigenvalue weighted by atomic mass is 10.1. The van der Waals surface area contributed by atoms with Gasteiger partial charge in [-0.3, -0.25) is 24.1 Å². The summed E-state index contributed by atoms with van der Waals surface area (Å²) < 4.78 is 12.6. The second kappa shape index (κ2) is 15.1. The van der Waals surface area contributed by atoms with E-state index in [1.165, 1.54) is 6.08 Å². The third-order valence-corrected chi connectivity index (χ3v) is 7.45. The van der Waals surface area contributed by atoms with Crippen molar-refractivity contribution in [2.75, 3.05) is 19.6 Å². The predicted octanol–water partition coefficient (Wildman–Crippen LogP) is 6.16. The first-order chi connectivity index (χ1) is 20.8. The molecule has 10 heteroatoms. The molecule has 0 radical (unpaired) electrons. The van der Waals surface area contributed by atoms with Crippen molar-refractivity contribution in [2.45, 2.75) is 39.4 Å². The van der Waals surface area contributed by atoms with Gasteiger partial charge in [0.1, 0.15) is 13.2 Å². The van der Waals surface area contributed by atoms with Gasteiger partial charge >= 0.3 is 5.97 Å². The van der Waals surface area contributed by atoms with Gasteiger partial charge in [-0.15, -0.1) is 0 Å². The minimum atomic E-state index is -1.28. The first-order valence-corrected chi connectivity index (χ1v) is 14.9. The highest BCUT2D eigenvalue weighted by Crippen LogP contribution is 2.37. The molecule has 1 N–H and O–H groups in total. The van der Waals surface area contributed by atoms with Gasteiger partial charge in [0.05, 0.1) is 4.91 Å². The molecule has 0 aromatic heterocycles. The topological polar surface area (TPSA) is 113 Å². The number of amides is 3. The summed E-state index contributed by atoms with van der Waals surface area (Å²) in [6.45, 7) is 4.75. The predicted molar refractivity (Wildman–Crippen MR) is 165 cm³/mol. The van der Waals surface area contributed by atoms with Crippen LogP contribution in [-0.4, -0.2) is 57.6 Å². The highest BCUT2D eigenvalue weighted by atomic mass is 32.2. The molecular weight excluding hydrogens is 568 g/mol. The maximum atomic E-state index is 13.9. The van der Waals surface area contributed by atoms with E-state index in [0.29, 0.717) is 46.6 Å². The van der Waals surface area contributed by atoms with E-state index in [-0.39, 0.29) is 23.2 Å². The van der Waals surface area contributed by atoms with Crippen LogP contribution in [0.15, 0.2) is 83.8 Å². The molecule has 1 heterocycles. The molecular formula is C33H34N2O7S. The maximum absolute atomic E-state index is 13.9. The molecule has 1 aliphatic rings. The number of benzene rings is 3. The highest BCUT2D eigenvalue weighted by Gasteiger charge is 2.36. The molecule has 1 saturated heterocycles. The SMILES string of the molecule is CCCN(CCC)C(=O)C(Oc1cc(C=C2SC(=O)N(CC(=O)O)C2=O)ccc1OCc1ccccc1)c1ccccc1. The zero-order valence-electron chi connectivity index (χ0n) is 24.1. The molecule has 0 aliphatic carbocycles. The molecule has 3 aromatic rings. The lowest BCUT2D eigenvalue weighted by Crippen LogP contribution is -2.38. The fourth-order valence-electron chi connectivity index (χ4n) is 4.54. The molecule has 1 atom stereocenters. The number of carboxylic acid groups (broad SMARTS) is 1. The molecule has 0 spiro atoms. The Morgan fingerprint density at radius 2 is 1.58 bits per heavy atom. The van der Waals surface area contributed by atoms with Gasteiger partial charge in [0.2, 0.25) is 6.10 Å². The summed E-state index contributed by atoms with van der Waals surface area (Å²) in [5.74, 6) is -1.47. The van der Waals surface area contributed by atoms with E-state index >= 15 is 0 Å². The number of thioether (sulfide) groups is 1. The van der Waals surface area contributed by atoms with Crippen LogP contribution in [0.3, 0.4) is 0 Å². The fraction of sp³-hybridized carbons (Fsp3) is 0.273. The Balaban J connectivity index is 1.72. The zero-order valence-corrected chi connectivity index (χ0v) is 24.9. The van der Waals surface area contributed by atoms with E-state index in [0.717, 1.165) is 18.4 Å². The van der Waals surface area contributed by atoms with Gasteiger partial charge in [0.25, 0.3) is 17.1 Å². The molecule has 3 amide bonds. The van der Waals surface area contributed by atoms with Crippen molar-refractivity contribution in [1.29, 1.82) is 0 Å². The van der Waals surface area contributed by atoms with Crippen LogP contribution in [0.5, 0.6) is 11.5 Å². The molecule has 4 rings (SSSR count). The van der Waals surface area contributed by atoms with Crippen molar-refractivity contribution in [1.82, 2.24) is 9.80 Å². The van der Waals surface area contributed by atoms with Gasteiger partial charge in [-0.05, 0) is 53.9 Å². The number of carboxylic acids is 1. The second-order valence-electron chi connectivity index (χ2n) is 9.88. The average molecular weight is 603 g/mol. The average Bonchev–Trinajstić information content (AvgIpc) is 3.26. The number of hydrogen-bond acceptors (Lipinski definition) is 7. The number of ether oxygens (including phenoxy) is 2. The van der Waals surface area contributed by atoms with Crippen molar-refractivity contribution in [3.8, 4) is 11.5 Å². The van der Waals surface area contributed by atoms with Crippen molar-refractivity contribution in [3.05, 3.63) is 100 Å². The Kier molecular flexibility index (Phi) is 11.0. The van der Waals surface area contributed by atoms with Crippen LogP contribution in [0.4, 0.5) is 4.79 Å². The Hall–Kier alpha value is -4.57. The number of rotatable bonds is 14. The molecule has 1 fully saturated rings. The third kappa shape index (κ3) is 8.26. The maximum Gasteiger partial charge on any atom is 0.323 e. The molecule has 43 heavy (non-hydrogen) atoms. The van der Waals surface area contributed by atoms with Crippen LogP contribution in [0, 0.1) is 0 Å². The summed E-state index contributed by atoms with van der Waals surface area (Å²) in [6.07, 6.45) is 2.13. The molecule has 224 valence electrons. The van der Waals surface area contributed by atoms with Crippen LogP contribution < -0.4 is 9.47 Å². The van der Waals surface area contributed by atoms with Crippen LogP contribution >= 0.6 is 11.8 Å². The summed E-state index contributed by atoms with van der Waals surface area (Å²) in [5.41, 5.74) is 2.14. The lowest BCUT2D eigenvalue weighted by molar-refractivity contribution is -0.140. The largest absolute Gasteiger partial charge is 0.485 e. The van der Waals surface area contributed by atoms with Crippen molar-refractivity contribution in [3.63, 3.8) is 0 Å². The number of aliphatic carboxylic acids is 1. The summed E-state index contributed by atoms with van der Waals surface area (Å²) in [5, 5.41) is 8.42. The van der Waals surface area contributed by atoms with E-state index < -0.39 is 29.8 Å². The van der Waals surface area contributed by atoms with Gasteiger partial charge in [-0.1, -0.05) is 80.6 Å². The summed E-state index contributed by atoms with van der Waals surface area (Å²) in [6, 6.07) is 23.9. The van der Waals surface area contributed by atoms with Gasteiger partial charge < -0.3 is 19.5 Å². The zero-order chi connectivity index (χ0) is 30.8. The standard InChI is InChI=1S/C33H34N2O7S/c1-3-17-34(18-4-2)32(39)30(25-13-9-6-10-14-25)42-27-19-24(15-16-26(27)41-22-23-11-7-5-8-12-23)20-28-31(38)35(21-29(36)37)33(40)43-28/h5-16,19-20,30H,3-4,17-18,21-22H2,1-2H3,(H,36,37). The molecule has 9 nitrogen and oxygen atoms in total. The number of hydrogen-bond donors (Lipinski definition) is 1. The Morgan fingerprint density at radius 3 is 2.21 bits per heavy atom. The number of imide groups is 1. The number of carbonyl (C=O) groups excluding carboxylic acids is 3. The van der Waals surface area contributed by atoms with E-state index in [2.05, 4.69) is 0 Å². The normalized spacial score (nSPS) is 14.6. The highest BCUT2D eigenvalue weighted by molar-refractivity contribution is 8.18. The Labute approximate surface area is 255 Å². The summed E-state index contributed by atoms with van der Waals surface area (Å²) in [7, 11) is 0. The van der Waals surface area contributed by atoms with E-state index in [9.17, 15) is 19.2 Å². The lowest BCUT2D eigenvalue weighted by Gasteiger charge is -2.28. The van der Waals surface area contributed by atoms with Gasteiger partial charge in [-0.25, -0.2) is 0 Å². The van der Waals surface area contributed by atoms with Crippen LogP contribution in [0.1, 0.15) is 49.5 Å². The monoisotopic (exact) mass is 602 g/mol. The summed E-state index contributed by atoms with van der Waals surface area (Å²) >= 11 is 0.669. The molecule has 0 saturated carbocycles. The first kappa shape index (κ1) is 31.4. The molecule has 1 unspecified atom stereocenters. The van der Waals surface area contributed by atoms with Gasteiger partial charge in [0.15, 0.2) is 11.5 Å². The van der Waals surface area contributed by atoms with Gasteiger partial charge in [-0.2, -0.15) is 0 Å². The summed E-state index contributed by atoms with van der Waals surface area (Å²) in [4.78, 5) is 52.6. The molecule has 0 bridgehead atoms. The van der Waals surface area contributed by atoms with E-state index in [1.54, 1.807) is 23.1 Å². The van der Waals surface area contributed by atoms with E-state index in [4.69, 9.17) is 14.6 Å². The minimum Gasteiger partial charge on any atom is -0.485 e. The number of nitrogens with zero attached hydrogens (tertiary/aromatic N) is 2. The second-order valence-corrected chi connectivity index (χ2v) is 10.9. The fourth-order valence-corrected chi connectivity index (χ4v) is 5.38. The third-order valence-electron chi connectivity index (χ3n) is 6.54. The van der Waals surface area contributed by atoms with Crippen molar-refractivity contribution >= 4 is 40.9 Å². The smallest absolute Gasteiger partial charge is 0.323 e. The quantitative estimate of drug-likeness (QED) is 0.219. The molecule has 3 aromatic carbocycles. The Morgan fingerprint density at radius 1 is 0.930 bits per heavy atom. The van der Waals surface area contributed by atoms with Gasteiger partial charge in [0, 0.05) is 18.7 Å². The minimum absolute atomic E-state index is 0.0860. The van der Waals surface area contributed by atoms with Crippen molar-refractivity contribution < 1.29 is 33.8 Å². The first-order valence-electron chi connectivity index (χ1n) is 14.1. The number of carbonyl (C=O) groups is 4. The Bertz CT molecular complexity index is 1470. The van der Waals surface area contributed by atoms with Crippen LogP contribution in [0.25, 0.3) is 6.08 Å². The van der Waals surface area contributed by atoms with Crippen LogP contribution in [0.2, 0.25) is 0 Å². The molecule has 1 aliphatic heterocycles. The van der Waals surface area contributed by atoms with Crippen molar-refractivity contribution in [2.24, 2.45) is 0 Å². The van der Waals surface area contributed by atoms with E-state index in [1.807, 2.05) is 74.5 Å².